The molecule has 2 aromatic carbocycles. The number of methoxy groups -OCH3 is 1. The van der Waals surface area contributed by atoms with E-state index in [1.165, 1.54) is 24.8 Å². The molecule has 2 aromatic rings. The summed E-state index contributed by atoms with van der Waals surface area (Å²) in [5.74, 6) is 0.789. The molecule has 0 radical (unpaired) electrons. The van der Waals surface area contributed by atoms with E-state index in [-0.39, 0.29) is 5.91 Å². The number of rotatable bonds is 6. The Balaban J connectivity index is 1.56. The lowest BCUT2D eigenvalue weighted by Gasteiger charge is -2.26. The fourth-order valence-corrected chi connectivity index (χ4v) is 3.21. The zero-order valence-corrected chi connectivity index (χ0v) is 14.8. The lowest BCUT2D eigenvalue weighted by atomic mass is 10.1. The lowest BCUT2D eigenvalue weighted by Crippen LogP contribution is -2.29. The highest BCUT2D eigenvalue weighted by molar-refractivity contribution is 5.94. The highest BCUT2D eigenvalue weighted by Gasteiger charge is 2.12. The van der Waals surface area contributed by atoms with Crippen LogP contribution < -0.4 is 10.1 Å². The Morgan fingerprint density at radius 1 is 1.04 bits per heavy atom. The Bertz CT molecular complexity index is 691. The predicted molar refractivity (Wildman–Crippen MR) is 99.7 cm³/mol. The van der Waals surface area contributed by atoms with Crippen LogP contribution in [0.5, 0.6) is 5.75 Å². The first-order valence-electron chi connectivity index (χ1n) is 8.97. The van der Waals surface area contributed by atoms with Crippen molar-refractivity contribution in [3.63, 3.8) is 0 Å². The molecule has 0 aliphatic carbocycles. The first-order valence-corrected chi connectivity index (χ1v) is 8.97. The van der Waals surface area contributed by atoms with Gasteiger partial charge in [-0.05, 0) is 61.3 Å². The van der Waals surface area contributed by atoms with Crippen molar-refractivity contribution in [2.24, 2.45) is 0 Å². The molecule has 1 saturated heterocycles. The number of likely N-dealkylation sites (tertiary alicyclic amines) is 1. The fourth-order valence-electron chi connectivity index (χ4n) is 3.21. The van der Waals surface area contributed by atoms with Crippen LogP contribution in [0.1, 0.15) is 40.7 Å². The van der Waals surface area contributed by atoms with Gasteiger partial charge in [0.25, 0.3) is 5.91 Å². The van der Waals surface area contributed by atoms with E-state index in [0.717, 1.165) is 36.5 Å². The van der Waals surface area contributed by atoms with Gasteiger partial charge in [-0.3, -0.25) is 9.69 Å². The van der Waals surface area contributed by atoms with Crippen molar-refractivity contribution in [2.75, 3.05) is 20.2 Å². The smallest absolute Gasteiger partial charge is 0.251 e. The Labute approximate surface area is 149 Å². The Hall–Kier alpha value is -2.33. The highest BCUT2D eigenvalue weighted by Crippen LogP contribution is 2.15. The summed E-state index contributed by atoms with van der Waals surface area (Å²) in [4.78, 5) is 14.9. The SMILES string of the molecule is COc1ccc(CNC(=O)c2cccc(CN3CCCCC3)c2)cc1. The van der Waals surface area contributed by atoms with Crippen LogP contribution in [0, 0.1) is 0 Å². The summed E-state index contributed by atoms with van der Waals surface area (Å²) in [5.41, 5.74) is 2.99. The number of carbonyl (C=O) groups excluding carboxylic acids is 1. The summed E-state index contributed by atoms with van der Waals surface area (Å²) < 4.78 is 5.15. The maximum absolute atomic E-state index is 12.4. The number of nitrogens with zero attached hydrogens (tertiary/aromatic N) is 1. The standard InChI is InChI=1S/C21H26N2O2/c1-25-20-10-8-17(9-11-20)15-22-21(24)19-7-5-6-18(14-19)16-23-12-3-2-4-13-23/h5-11,14H,2-4,12-13,15-16H2,1H3,(H,22,24). The molecule has 1 heterocycles. The molecule has 1 fully saturated rings. The summed E-state index contributed by atoms with van der Waals surface area (Å²) in [7, 11) is 1.65. The lowest BCUT2D eigenvalue weighted by molar-refractivity contribution is 0.0950. The molecule has 0 bridgehead atoms. The van der Waals surface area contributed by atoms with E-state index in [2.05, 4.69) is 16.3 Å². The number of hydrogen-bond acceptors (Lipinski definition) is 3. The molecule has 1 aliphatic heterocycles. The predicted octanol–water partition coefficient (Wildman–Crippen LogP) is 3.61. The van der Waals surface area contributed by atoms with Crippen LogP contribution in [-0.4, -0.2) is 31.0 Å². The summed E-state index contributed by atoms with van der Waals surface area (Å²) in [6, 6.07) is 15.7. The van der Waals surface area contributed by atoms with Gasteiger partial charge in [-0.15, -0.1) is 0 Å². The normalized spacial score (nSPS) is 14.9. The molecule has 0 atom stereocenters. The van der Waals surface area contributed by atoms with E-state index in [4.69, 9.17) is 4.74 Å². The minimum Gasteiger partial charge on any atom is -0.497 e. The van der Waals surface area contributed by atoms with E-state index in [9.17, 15) is 4.79 Å². The molecule has 1 aliphatic rings. The molecule has 4 heteroatoms. The average molecular weight is 338 g/mol. The summed E-state index contributed by atoms with van der Waals surface area (Å²) >= 11 is 0. The van der Waals surface area contributed by atoms with E-state index < -0.39 is 0 Å². The second kappa shape index (κ2) is 8.67. The Kier molecular flexibility index (Phi) is 6.07. The van der Waals surface area contributed by atoms with E-state index in [0.29, 0.717) is 6.54 Å². The number of amides is 1. The molecule has 132 valence electrons. The summed E-state index contributed by atoms with van der Waals surface area (Å²) in [5, 5.41) is 2.99. The van der Waals surface area contributed by atoms with Crippen LogP contribution in [-0.2, 0) is 13.1 Å². The molecule has 0 spiro atoms. The minimum atomic E-state index is -0.0312. The van der Waals surface area contributed by atoms with E-state index >= 15 is 0 Å². The zero-order valence-electron chi connectivity index (χ0n) is 14.8. The van der Waals surface area contributed by atoms with Crippen molar-refractivity contribution in [1.82, 2.24) is 10.2 Å². The van der Waals surface area contributed by atoms with Crippen molar-refractivity contribution in [2.45, 2.75) is 32.4 Å². The second-order valence-electron chi connectivity index (χ2n) is 6.57. The Morgan fingerprint density at radius 3 is 2.52 bits per heavy atom. The van der Waals surface area contributed by atoms with Gasteiger partial charge < -0.3 is 10.1 Å². The van der Waals surface area contributed by atoms with Crippen LogP contribution in [0.3, 0.4) is 0 Å². The van der Waals surface area contributed by atoms with Crippen molar-refractivity contribution >= 4 is 5.91 Å². The molecule has 1 N–H and O–H groups in total. The van der Waals surface area contributed by atoms with Crippen molar-refractivity contribution in [3.8, 4) is 5.75 Å². The molecule has 4 nitrogen and oxygen atoms in total. The third kappa shape index (κ3) is 5.07. The van der Waals surface area contributed by atoms with Crippen LogP contribution in [0.4, 0.5) is 0 Å². The van der Waals surface area contributed by atoms with Crippen LogP contribution >= 0.6 is 0 Å². The molecular weight excluding hydrogens is 312 g/mol. The van der Waals surface area contributed by atoms with Gasteiger partial charge in [-0.2, -0.15) is 0 Å². The van der Waals surface area contributed by atoms with Crippen LogP contribution in [0.15, 0.2) is 48.5 Å². The largest absolute Gasteiger partial charge is 0.497 e. The fraction of sp³-hybridized carbons (Fsp3) is 0.381. The number of hydrogen-bond donors (Lipinski definition) is 1. The Morgan fingerprint density at radius 2 is 1.80 bits per heavy atom. The molecule has 0 aromatic heterocycles. The van der Waals surface area contributed by atoms with Gasteiger partial charge in [0.2, 0.25) is 0 Å². The van der Waals surface area contributed by atoms with E-state index in [1.807, 2.05) is 42.5 Å². The monoisotopic (exact) mass is 338 g/mol. The molecular formula is C21H26N2O2. The van der Waals surface area contributed by atoms with Crippen molar-refractivity contribution in [3.05, 3.63) is 65.2 Å². The van der Waals surface area contributed by atoms with Crippen molar-refractivity contribution < 1.29 is 9.53 Å². The van der Waals surface area contributed by atoms with Gasteiger partial charge in [0.05, 0.1) is 7.11 Å². The molecule has 1 amide bonds. The summed E-state index contributed by atoms with van der Waals surface area (Å²) in [6.07, 6.45) is 3.90. The molecule has 0 unspecified atom stereocenters. The zero-order chi connectivity index (χ0) is 17.5. The maximum atomic E-state index is 12.4. The summed E-state index contributed by atoms with van der Waals surface area (Å²) in [6.45, 7) is 3.76. The van der Waals surface area contributed by atoms with Gasteiger partial charge in [-0.1, -0.05) is 30.7 Å². The second-order valence-corrected chi connectivity index (χ2v) is 6.57. The molecule has 25 heavy (non-hydrogen) atoms. The van der Waals surface area contributed by atoms with Gasteiger partial charge in [0.15, 0.2) is 0 Å². The number of nitrogens with one attached hydrogen (secondary N) is 1. The van der Waals surface area contributed by atoms with Crippen molar-refractivity contribution in [1.29, 1.82) is 0 Å². The number of carbonyl (C=O) groups is 1. The maximum Gasteiger partial charge on any atom is 0.251 e. The first-order chi connectivity index (χ1) is 12.2. The third-order valence-electron chi connectivity index (χ3n) is 4.66. The number of ether oxygens (including phenoxy) is 1. The quantitative estimate of drug-likeness (QED) is 0.875. The number of benzene rings is 2. The van der Waals surface area contributed by atoms with Gasteiger partial charge in [0.1, 0.15) is 5.75 Å². The number of piperidine rings is 1. The average Bonchev–Trinajstić information content (AvgIpc) is 2.67. The van der Waals surface area contributed by atoms with Crippen LogP contribution in [0.2, 0.25) is 0 Å². The van der Waals surface area contributed by atoms with Gasteiger partial charge in [0, 0.05) is 18.7 Å². The minimum absolute atomic E-state index is 0.0312. The van der Waals surface area contributed by atoms with Crippen LogP contribution in [0.25, 0.3) is 0 Å². The first kappa shape index (κ1) is 17.5. The van der Waals surface area contributed by atoms with E-state index in [1.54, 1.807) is 7.11 Å². The molecule has 0 saturated carbocycles. The van der Waals surface area contributed by atoms with Gasteiger partial charge in [-0.25, -0.2) is 0 Å². The third-order valence-corrected chi connectivity index (χ3v) is 4.66. The topological polar surface area (TPSA) is 41.6 Å². The van der Waals surface area contributed by atoms with Gasteiger partial charge >= 0.3 is 0 Å². The highest BCUT2D eigenvalue weighted by atomic mass is 16.5. The molecule has 3 rings (SSSR count).